The molecule has 5 nitrogen and oxygen atoms in total. The topological polar surface area (TPSA) is 51.4 Å². The molecule has 0 radical (unpaired) electrons. The van der Waals surface area contributed by atoms with Crippen LogP contribution >= 0.6 is 0 Å². The van der Waals surface area contributed by atoms with E-state index in [4.69, 9.17) is 0 Å². The van der Waals surface area contributed by atoms with Crippen molar-refractivity contribution >= 4 is 28.4 Å². The molecule has 144 valence electrons. The Morgan fingerprint density at radius 2 is 0.893 bits per heavy atom. The molecule has 28 heavy (non-hydrogen) atoms. The summed E-state index contributed by atoms with van der Waals surface area (Å²) in [4.78, 5) is 2.42. The molecule has 0 aromatic heterocycles. The van der Waals surface area contributed by atoms with Crippen LogP contribution in [0.4, 0.5) is 32.8 Å². The SMILES string of the molecule is Fc1ccc(NNc2ccc(NNc3ccc(N4CCCC4)cc3)cc2)cc1. The van der Waals surface area contributed by atoms with Gasteiger partial charge in [0.25, 0.3) is 0 Å². The second kappa shape index (κ2) is 8.52. The number of anilines is 5. The molecule has 0 amide bonds. The third kappa shape index (κ3) is 4.65. The highest BCUT2D eigenvalue weighted by Crippen LogP contribution is 2.22. The monoisotopic (exact) mass is 377 g/mol. The predicted molar refractivity (Wildman–Crippen MR) is 115 cm³/mol. The Balaban J connectivity index is 1.26. The summed E-state index contributed by atoms with van der Waals surface area (Å²) in [6.07, 6.45) is 2.57. The van der Waals surface area contributed by atoms with Crippen molar-refractivity contribution < 1.29 is 4.39 Å². The standard InChI is InChI=1S/C22H24FN5/c23-17-3-5-18(6-4-17)24-25-19-7-9-20(10-8-19)26-27-21-11-13-22(14-12-21)28-15-1-2-16-28/h3-14,24-27H,1-2,15-16H2. The molecule has 0 aliphatic carbocycles. The Bertz CT molecular complexity index is 872. The summed E-state index contributed by atoms with van der Waals surface area (Å²) in [6, 6.07) is 22.5. The van der Waals surface area contributed by atoms with Gasteiger partial charge in [-0.05, 0) is 85.6 Å². The van der Waals surface area contributed by atoms with Crippen molar-refractivity contribution in [2.24, 2.45) is 0 Å². The summed E-state index contributed by atoms with van der Waals surface area (Å²) >= 11 is 0. The number of hydrogen-bond donors (Lipinski definition) is 4. The lowest BCUT2D eigenvalue weighted by molar-refractivity contribution is 0.628. The molecule has 0 spiro atoms. The number of hydrogen-bond acceptors (Lipinski definition) is 5. The van der Waals surface area contributed by atoms with E-state index in [0.29, 0.717) is 0 Å². The molecule has 3 aromatic carbocycles. The average molecular weight is 377 g/mol. The van der Waals surface area contributed by atoms with Crippen LogP contribution in [0.15, 0.2) is 72.8 Å². The van der Waals surface area contributed by atoms with Crippen LogP contribution in [0.25, 0.3) is 0 Å². The molecule has 3 aromatic rings. The van der Waals surface area contributed by atoms with Gasteiger partial charge in [-0.1, -0.05) is 0 Å². The molecule has 0 unspecified atom stereocenters. The van der Waals surface area contributed by atoms with Gasteiger partial charge in [-0.25, -0.2) is 4.39 Å². The summed E-state index contributed by atoms with van der Waals surface area (Å²) in [7, 11) is 0. The quantitative estimate of drug-likeness (QED) is 0.421. The Kier molecular flexibility index (Phi) is 5.47. The fraction of sp³-hybridized carbons (Fsp3) is 0.182. The van der Waals surface area contributed by atoms with Crippen LogP contribution in [0.5, 0.6) is 0 Å². The first kappa shape index (κ1) is 18.0. The molecule has 6 heteroatoms. The summed E-state index contributed by atoms with van der Waals surface area (Å²) < 4.78 is 12.9. The van der Waals surface area contributed by atoms with E-state index in [0.717, 1.165) is 35.8 Å². The fourth-order valence-corrected chi connectivity index (χ4v) is 3.19. The van der Waals surface area contributed by atoms with Crippen molar-refractivity contribution in [2.75, 3.05) is 39.7 Å². The number of nitrogens with zero attached hydrogens (tertiary/aromatic N) is 1. The molecular formula is C22H24FN5. The smallest absolute Gasteiger partial charge is 0.123 e. The van der Waals surface area contributed by atoms with E-state index in [-0.39, 0.29) is 5.82 Å². The van der Waals surface area contributed by atoms with Crippen LogP contribution in [0.3, 0.4) is 0 Å². The molecule has 1 fully saturated rings. The van der Waals surface area contributed by atoms with Crippen LogP contribution in [0.2, 0.25) is 0 Å². The number of rotatable bonds is 7. The minimum atomic E-state index is -0.251. The Hall–Kier alpha value is -3.41. The number of nitrogens with one attached hydrogen (secondary N) is 4. The molecule has 4 N–H and O–H groups in total. The largest absolute Gasteiger partial charge is 0.372 e. The Morgan fingerprint density at radius 1 is 0.536 bits per heavy atom. The summed E-state index contributed by atoms with van der Waals surface area (Å²) in [5.74, 6) is -0.251. The minimum Gasteiger partial charge on any atom is -0.372 e. The Morgan fingerprint density at radius 3 is 1.32 bits per heavy atom. The van der Waals surface area contributed by atoms with Crippen molar-refractivity contribution in [3.63, 3.8) is 0 Å². The van der Waals surface area contributed by atoms with Crippen molar-refractivity contribution in [3.8, 4) is 0 Å². The van der Waals surface area contributed by atoms with Crippen molar-refractivity contribution in [3.05, 3.63) is 78.6 Å². The average Bonchev–Trinajstić information content (AvgIpc) is 3.28. The highest BCUT2D eigenvalue weighted by molar-refractivity contribution is 5.61. The van der Waals surface area contributed by atoms with Gasteiger partial charge in [-0.15, -0.1) is 0 Å². The van der Waals surface area contributed by atoms with E-state index in [9.17, 15) is 4.39 Å². The maximum absolute atomic E-state index is 12.9. The molecule has 0 bridgehead atoms. The van der Waals surface area contributed by atoms with Gasteiger partial charge in [0.05, 0.1) is 22.7 Å². The van der Waals surface area contributed by atoms with Crippen LogP contribution in [-0.4, -0.2) is 13.1 Å². The van der Waals surface area contributed by atoms with Crippen LogP contribution in [-0.2, 0) is 0 Å². The van der Waals surface area contributed by atoms with E-state index in [2.05, 4.69) is 50.9 Å². The maximum Gasteiger partial charge on any atom is 0.123 e. The molecule has 1 aliphatic heterocycles. The third-order valence-corrected chi connectivity index (χ3v) is 4.77. The number of benzene rings is 3. The summed E-state index contributed by atoms with van der Waals surface area (Å²) in [5, 5.41) is 0. The molecule has 1 saturated heterocycles. The van der Waals surface area contributed by atoms with Crippen molar-refractivity contribution in [2.45, 2.75) is 12.8 Å². The highest BCUT2D eigenvalue weighted by Gasteiger charge is 2.11. The van der Waals surface area contributed by atoms with Gasteiger partial charge in [0.2, 0.25) is 0 Å². The van der Waals surface area contributed by atoms with Crippen LogP contribution in [0, 0.1) is 5.82 Å². The molecular weight excluding hydrogens is 353 g/mol. The zero-order valence-electron chi connectivity index (χ0n) is 15.6. The first-order valence-corrected chi connectivity index (χ1v) is 9.51. The fourth-order valence-electron chi connectivity index (χ4n) is 3.19. The van der Waals surface area contributed by atoms with Gasteiger partial charge in [0, 0.05) is 18.8 Å². The zero-order valence-corrected chi connectivity index (χ0v) is 15.6. The Labute approximate surface area is 164 Å². The first-order valence-electron chi connectivity index (χ1n) is 9.51. The van der Waals surface area contributed by atoms with E-state index >= 15 is 0 Å². The number of halogens is 1. The summed E-state index contributed by atoms with van der Waals surface area (Å²) in [5.41, 5.74) is 17.5. The van der Waals surface area contributed by atoms with E-state index in [1.54, 1.807) is 12.1 Å². The number of hydrazine groups is 2. The van der Waals surface area contributed by atoms with Gasteiger partial charge in [0.15, 0.2) is 0 Å². The lowest BCUT2D eigenvalue weighted by Crippen LogP contribution is -2.17. The molecule has 0 atom stereocenters. The molecule has 1 aliphatic rings. The third-order valence-electron chi connectivity index (χ3n) is 4.77. The lowest BCUT2D eigenvalue weighted by atomic mass is 10.2. The van der Waals surface area contributed by atoms with Crippen LogP contribution < -0.4 is 26.6 Å². The molecule has 1 heterocycles. The van der Waals surface area contributed by atoms with E-state index in [1.165, 1.54) is 30.7 Å². The molecule has 0 saturated carbocycles. The zero-order chi connectivity index (χ0) is 19.2. The second-order valence-electron chi connectivity index (χ2n) is 6.83. The van der Waals surface area contributed by atoms with Crippen molar-refractivity contribution in [1.82, 2.24) is 0 Å². The van der Waals surface area contributed by atoms with E-state index in [1.807, 2.05) is 24.3 Å². The predicted octanol–water partition coefficient (Wildman–Crippen LogP) is 5.30. The molecule has 4 rings (SSSR count). The van der Waals surface area contributed by atoms with Gasteiger partial charge in [0.1, 0.15) is 5.82 Å². The summed E-state index contributed by atoms with van der Waals surface area (Å²) in [6.45, 7) is 2.31. The van der Waals surface area contributed by atoms with Crippen LogP contribution in [0.1, 0.15) is 12.8 Å². The van der Waals surface area contributed by atoms with E-state index < -0.39 is 0 Å². The first-order chi connectivity index (χ1) is 13.8. The van der Waals surface area contributed by atoms with Gasteiger partial charge in [-0.2, -0.15) is 0 Å². The van der Waals surface area contributed by atoms with Crippen molar-refractivity contribution in [1.29, 1.82) is 0 Å². The lowest BCUT2D eigenvalue weighted by Gasteiger charge is -2.18. The second-order valence-corrected chi connectivity index (χ2v) is 6.83. The normalized spacial score (nSPS) is 13.2. The maximum atomic E-state index is 12.9. The van der Waals surface area contributed by atoms with Gasteiger partial charge in [-0.3, -0.25) is 0 Å². The van der Waals surface area contributed by atoms with Gasteiger partial charge < -0.3 is 26.6 Å². The van der Waals surface area contributed by atoms with Gasteiger partial charge >= 0.3 is 0 Å². The minimum absolute atomic E-state index is 0.251. The highest BCUT2D eigenvalue weighted by atomic mass is 19.1.